The molecule has 6 heteroatoms. The van der Waals surface area contributed by atoms with Crippen molar-refractivity contribution >= 4 is 17.6 Å². The first kappa shape index (κ1) is 15.1. The minimum atomic E-state index is -0.406. The van der Waals surface area contributed by atoms with Gasteiger partial charge in [0.25, 0.3) is 0 Å². The number of hydrogen-bond acceptors (Lipinski definition) is 2. The van der Waals surface area contributed by atoms with Gasteiger partial charge in [0.1, 0.15) is 5.82 Å². The van der Waals surface area contributed by atoms with Crippen LogP contribution in [0, 0.1) is 5.82 Å². The molecule has 1 fully saturated rings. The van der Waals surface area contributed by atoms with Crippen molar-refractivity contribution in [3.63, 3.8) is 0 Å². The lowest BCUT2D eigenvalue weighted by Crippen LogP contribution is -2.40. The summed E-state index contributed by atoms with van der Waals surface area (Å²) >= 11 is 5.94. The Balaban J connectivity index is 1.87. The highest BCUT2D eigenvalue weighted by Gasteiger charge is 2.18. The molecule has 1 aromatic carbocycles. The molecular weight excluding hydrogens is 283 g/mol. The van der Waals surface area contributed by atoms with Crippen LogP contribution in [-0.2, 0) is 11.3 Å². The van der Waals surface area contributed by atoms with Crippen LogP contribution in [0.3, 0.4) is 0 Å². The van der Waals surface area contributed by atoms with Gasteiger partial charge >= 0.3 is 6.03 Å². The summed E-state index contributed by atoms with van der Waals surface area (Å²) in [7, 11) is 1.60. The summed E-state index contributed by atoms with van der Waals surface area (Å²) in [6.45, 7) is 1.36. The molecule has 1 heterocycles. The van der Waals surface area contributed by atoms with Gasteiger partial charge in [-0.1, -0.05) is 17.7 Å². The molecule has 1 aliphatic rings. The van der Waals surface area contributed by atoms with Gasteiger partial charge in [0, 0.05) is 30.8 Å². The average molecular weight is 301 g/mol. The Kier molecular flexibility index (Phi) is 5.20. The largest absolute Gasteiger partial charge is 0.376 e. The lowest BCUT2D eigenvalue weighted by atomic mass is 10.2. The minimum Gasteiger partial charge on any atom is -0.376 e. The van der Waals surface area contributed by atoms with Crippen LogP contribution in [0.4, 0.5) is 9.18 Å². The number of nitrogens with one attached hydrogen (secondary N) is 1. The van der Waals surface area contributed by atoms with E-state index in [0.717, 1.165) is 19.4 Å². The molecule has 0 aliphatic carbocycles. The molecule has 1 aliphatic heterocycles. The zero-order valence-corrected chi connectivity index (χ0v) is 12.1. The zero-order chi connectivity index (χ0) is 14.5. The molecule has 1 saturated heterocycles. The zero-order valence-electron chi connectivity index (χ0n) is 11.4. The molecule has 0 bridgehead atoms. The van der Waals surface area contributed by atoms with E-state index in [2.05, 4.69) is 5.32 Å². The Morgan fingerprint density at radius 3 is 3.05 bits per heavy atom. The van der Waals surface area contributed by atoms with E-state index in [-0.39, 0.29) is 18.7 Å². The molecule has 1 atom stereocenters. The van der Waals surface area contributed by atoms with E-state index in [1.54, 1.807) is 19.2 Å². The van der Waals surface area contributed by atoms with E-state index in [0.29, 0.717) is 17.1 Å². The molecule has 1 unspecified atom stereocenters. The fraction of sp³-hybridized carbons (Fsp3) is 0.500. The van der Waals surface area contributed by atoms with Crippen molar-refractivity contribution in [2.45, 2.75) is 25.5 Å². The Bertz CT molecular complexity index is 458. The maximum atomic E-state index is 13.6. The number of urea groups is 1. The van der Waals surface area contributed by atoms with E-state index >= 15 is 0 Å². The van der Waals surface area contributed by atoms with Crippen LogP contribution < -0.4 is 5.32 Å². The fourth-order valence-electron chi connectivity index (χ4n) is 2.13. The maximum absolute atomic E-state index is 13.6. The highest BCUT2D eigenvalue weighted by atomic mass is 35.5. The third-order valence-electron chi connectivity index (χ3n) is 3.31. The number of carbonyl (C=O) groups excluding carboxylic acids is 1. The molecule has 2 rings (SSSR count). The first-order valence-corrected chi connectivity index (χ1v) is 6.99. The van der Waals surface area contributed by atoms with Crippen LogP contribution >= 0.6 is 11.6 Å². The third-order valence-corrected chi connectivity index (χ3v) is 3.66. The number of carbonyl (C=O) groups is 1. The smallest absolute Gasteiger partial charge is 0.317 e. The lowest BCUT2D eigenvalue weighted by molar-refractivity contribution is 0.109. The Hall–Kier alpha value is -1.33. The normalized spacial score (nSPS) is 18.1. The van der Waals surface area contributed by atoms with Gasteiger partial charge in [0.15, 0.2) is 0 Å². The number of rotatable bonds is 4. The summed E-state index contributed by atoms with van der Waals surface area (Å²) in [5.41, 5.74) is 0.323. The number of halogens is 2. The van der Waals surface area contributed by atoms with Gasteiger partial charge in [-0.2, -0.15) is 0 Å². The number of hydrogen-bond donors (Lipinski definition) is 1. The van der Waals surface area contributed by atoms with E-state index in [9.17, 15) is 9.18 Å². The minimum absolute atomic E-state index is 0.0874. The fourth-order valence-corrected chi connectivity index (χ4v) is 2.36. The highest BCUT2D eigenvalue weighted by molar-refractivity contribution is 6.31. The van der Waals surface area contributed by atoms with Crippen molar-refractivity contribution in [3.8, 4) is 0 Å². The summed E-state index contributed by atoms with van der Waals surface area (Å²) in [4.78, 5) is 13.3. The van der Waals surface area contributed by atoms with Gasteiger partial charge in [-0.3, -0.25) is 0 Å². The Morgan fingerprint density at radius 2 is 2.40 bits per heavy atom. The second kappa shape index (κ2) is 6.90. The first-order chi connectivity index (χ1) is 9.58. The summed E-state index contributed by atoms with van der Waals surface area (Å²) in [5, 5.41) is 3.10. The first-order valence-electron chi connectivity index (χ1n) is 6.61. The van der Waals surface area contributed by atoms with Crippen molar-refractivity contribution in [2.24, 2.45) is 0 Å². The summed E-state index contributed by atoms with van der Waals surface area (Å²) in [5.74, 6) is -0.406. The van der Waals surface area contributed by atoms with Crippen LogP contribution in [0.25, 0.3) is 0 Å². The molecule has 110 valence electrons. The second-order valence-corrected chi connectivity index (χ2v) is 5.28. The van der Waals surface area contributed by atoms with Crippen molar-refractivity contribution in [2.75, 3.05) is 20.2 Å². The predicted octanol–water partition coefficient (Wildman–Crippen LogP) is 2.80. The van der Waals surface area contributed by atoms with E-state index in [4.69, 9.17) is 16.3 Å². The number of benzene rings is 1. The van der Waals surface area contributed by atoms with Crippen molar-refractivity contribution in [3.05, 3.63) is 34.6 Å². The van der Waals surface area contributed by atoms with Gasteiger partial charge in [0.05, 0.1) is 12.6 Å². The quantitative estimate of drug-likeness (QED) is 0.929. The Labute approximate surface area is 122 Å². The van der Waals surface area contributed by atoms with Crippen LogP contribution in [0.1, 0.15) is 18.4 Å². The van der Waals surface area contributed by atoms with Crippen molar-refractivity contribution < 1.29 is 13.9 Å². The molecule has 0 saturated carbocycles. The summed E-state index contributed by atoms with van der Waals surface area (Å²) in [6.07, 6.45) is 2.08. The van der Waals surface area contributed by atoms with E-state index < -0.39 is 5.82 Å². The number of ether oxygens (including phenoxy) is 1. The molecule has 4 nitrogen and oxygen atoms in total. The van der Waals surface area contributed by atoms with Gasteiger partial charge < -0.3 is 15.0 Å². The van der Waals surface area contributed by atoms with Gasteiger partial charge in [-0.15, -0.1) is 0 Å². The third kappa shape index (κ3) is 3.84. The molecular formula is C14H18ClFN2O2. The maximum Gasteiger partial charge on any atom is 0.317 e. The SMILES string of the molecule is CN(Cc1c(F)cccc1Cl)C(=O)NCC1CCCO1. The van der Waals surface area contributed by atoms with Gasteiger partial charge in [-0.05, 0) is 25.0 Å². The van der Waals surface area contributed by atoms with Crippen LogP contribution in [0.5, 0.6) is 0 Å². The van der Waals surface area contributed by atoms with Gasteiger partial charge in [-0.25, -0.2) is 9.18 Å². The second-order valence-electron chi connectivity index (χ2n) is 4.88. The highest BCUT2D eigenvalue weighted by Crippen LogP contribution is 2.20. The summed E-state index contributed by atoms with van der Waals surface area (Å²) < 4.78 is 19.1. The lowest BCUT2D eigenvalue weighted by Gasteiger charge is -2.20. The van der Waals surface area contributed by atoms with Crippen LogP contribution in [-0.4, -0.2) is 37.2 Å². The van der Waals surface area contributed by atoms with Crippen molar-refractivity contribution in [1.29, 1.82) is 0 Å². The average Bonchev–Trinajstić information content (AvgIpc) is 2.93. The van der Waals surface area contributed by atoms with E-state index in [1.807, 2.05) is 0 Å². The Morgan fingerprint density at radius 1 is 1.60 bits per heavy atom. The van der Waals surface area contributed by atoms with E-state index in [1.165, 1.54) is 11.0 Å². The molecule has 1 N–H and O–H groups in total. The predicted molar refractivity (Wildman–Crippen MR) is 75.2 cm³/mol. The molecule has 20 heavy (non-hydrogen) atoms. The molecule has 1 aromatic rings. The number of nitrogens with zero attached hydrogens (tertiary/aromatic N) is 1. The molecule has 0 aromatic heterocycles. The van der Waals surface area contributed by atoms with Crippen LogP contribution in [0.2, 0.25) is 5.02 Å². The molecule has 0 radical (unpaired) electrons. The van der Waals surface area contributed by atoms with Gasteiger partial charge in [0.2, 0.25) is 0 Å². The molecule has 0 spiro atoms. The standard InChI is InChI=1S/C14H18ClFN2O2/c1-18(9-11-12(15)5-2-6-13(11)16)14(19)17-8-10-4-3-7-20-10/h2,5-6,10H,3-4,7-9H2,1H3,(H,17,19). The van der Waals surface area contributed by atoms with Crippen molar-refractivity contribution in [1.82, 2.24) is 10.2 Å². The summed E-state index contributed by atoms with van der Waals surface area (Å²) in [6, 6.07) is 4.22. The topological polar surface area (TPSA) is 41.6 Å². The molecule has 2 amide bonds. The van der Waals surface area contributed by atoms with Crippen LogP contribution in [0.15, 0.2) is 18.2 Å². The monoisotopic (exact) mass is 300 g/mol. The number of amides is 2.